The zero-order chi connectivity index (χ0) is 11.9. The van der Waals surface area contributed by atoms with Crippen LogP contribution in [-0.4, -0.2) is 0 Å². The molecule has 86 valence electrons. The van der Waals surface area contributed by atoms with Crippen LogP contribution in [0.1, 0.15) is 17.5 Å². The second-order valence-corrected chi connectivity index (χ2v) is 4.47. The van der Waals surface area contributed by atoms with Crippen molar-refractivity contribution in [3.05, 3.63) is 76.8 Å². The van der Waals surface area contributed by atoms with Gasteiger partial charge in [-0.25, -0.2) is 0 Å². The number of aryl methyl sites for hydroxylation is 1. The topological polar surface area (TPSA) is 0 Å². The molecule has 0 spiro atoms. The van der Waals surface area contributed by atoms with Crippen LogP contribution < -0.4 is 0 Å². The smallest absolute Gasteiger partial charge is 0.0190 e. The first-order chi connectivity index (χ1) is 8.34. The fourth-order valence-electron chi connectivity index (χ4n) is 1.71. The van der Waals surface area contributed by atoms with E-state index in [2.05, 4.69) is 36.4 Å². The number of hydrogen-bond acceptors (Lipinski definition) is 0. The molecule has 2 aromatic rings. The van der Waals surface area contributed by atoms with Gasteiger partial charge in [0, 0.05) is 5.03 Å². The Balaban J connectivity index is 1.94. The first-order valence-electron chi connectivity index (χ1n) is 5.79. The molecular formula is C16H15Cl. The molecule has 0 aliphatic rings. The van der Waals surface area contributed by atoms with Crippen molar-refractivity contribution in [3.8, 4) is 0 Å². The summed E-state index contributed by atoms with van der Waals surface area (Å²) in [6, 6.07) is 20.6. The third-order valence-corrected chi connectivity index (χ3v) is 2.92. The van der Waals surface area contributed by atoms with E-state index in [4.69, 9.17) is 11.6 Å². The lowest BCUT2D eigenvalue weighted by molar-refractivity contribution is 0.991. The molecule has 0 aromatic heterocycles. The summed E-state index contributed by atoms with van der Waals surface area (Å²) in [7, 11) is 0. The van der Waals surface area contributed by atoms with Crippen LogP contribution in [0.3, 0.4) is 0 Å². The maximum absolute atomic E-state index is 6.23. The van der Waals surface area contributed by atoms with Gasteiger partial charge in [0.2, 0.25) is 0 Å². The number of halogens is 1. The molecule has 0 radical (unpaired) electrons. The van der Waals surface area contributed by atoms with Crippen molar-refractivity contribution >= 4 is 17.7 Å². The second kappa shape index (κ2) is 6.27. The molecule has 2 rings (SSSR count). The average molecular weight is 243 g/mol. The van der Waals surface area contributed by atoms with Crippen molar-refractivity contribution in [1.82, 2.24) is 0 Å². The summed E-state index contributed by atoms with van der Waals surface area (Å²) in [5, 5.41) is 0.903. The lowest BCUT2D eigenvalue weighted by Gasteiger charge is -2.00. The van der Waals surface area contributed by atoms with Gasteiger partial charge in [0.25, 0.3) is 0 Å². The Morgan fingerprint density at radius 2 is 1.47 bits per heavy atom. The van der Waals surface area contributed by atoms with E-state index in [-0.39, 0.29) is 0 Å². The van der Waals surface area contributed by atoms with Crippen LogP contribution >= 0.6 is 11.6 Å². The van der Waals surface area contributed by atoms with Crippen LogP contribution in [-0.2, 0) is 6.42 Å². The Kier molecular flexibility index (Phi) is 4.40. The van der Waals surface area contributed by atoms with Gasteiger partial charge in [-0.3, -0.25) is 0 Å². The van der Waals surface area contributed by atoms with E-state index in [1.54, 1.807) is 0 Å². The summed E-state index contributed by atoms with van der Waals surface area (Å²) in [5.74, 6) is 0. The molecule has 2 aromatic carbocycles. The van der Waals surface area contributed by atoms with Crippen molar-refractivity contribution in [2.45, 2.75) is 12.8 Å². The molecule has 0 saturated heterocycles. The third-order valence-electron chi connectivity index (χ3n) is 2.62. The normalized spacial score (nSPS) is 11.5. The van der Waals surface area contributed by atoms with Crippen LogP contribution in [0.25, 0.3) is 6.08 Å². The fraction of sp³-hybridized carbons (Fsp3) is 0.125. The molecule has 0 nitrogen and oxygen atoms in total. The monoisotopic (exact) mass is 242 g/mol. The van der Waals surface area contributed by atoms with Gasteiger partial charge in [-0.15, -0.1) is 0 Å². The second-order valence-electron chi connectivity index (χ2n) is 3.99. The molecule has 0 heterocycles. The van der Waals surface area contributed by atoms with E-state index >= 15 is 0 Å². The SMILES string of the molecule is ClC(=Cc1ccccc1)CCc1ccccc1. The largest absolute Gasteiger partial charge is 0.0891 e. The molecule has 0 bridgehead atoms. The van der Waals surface area contributed by atoms with Gasteiger partial charge < -0.3 is 0 Å². The molecule has 0 aliphatic heterocycles. The molecule has 0 amide bonds. The van der Waals surface area contributed by atoms with Crippen LogP contribution in [0.2, 0.25) is 0 Å². The summed E-state index contributed by atoms with van der Waals surface area (Å²) in [6.07, 6.45) is 3.91. The van der Waals surface area contributed by atoms with Crippen LogP contribution in [0.4, 0.5) is 0 Å². The minimum absolute atomic E-state index is 0.889. The first-order valence-corrected chi connectivity index (χ1v) is 6.17. The van der Waals surface area contributed by atoms with Crippen molar-refractivity contribution < 1.29 is 0 Å². The molecular weight excluding hydrogens is 228 g/mol. The van der Waals surface area contributed by atoms with Crippen LogP contribution in [0, 0.1) is 0 Å². The summed E-state index contributed by atoms with van der Waals surface area (Å²) in [5.41, 5.74) is 2.48. The highest BCUT2D eigenvalue weighted by Crippen LogP contribution is 2.16. The summed E-state index contributed by atoms with van der Waals surface area (Å²) >= 11 is 6.23. The van der Waals surface area contributed by atoms with Crippen molar-refractivity contribution in [2.75, 3.05) is 0 Å². The highest BCUT2D eigenvalue weighted by Gasteiger charge is 1.96. The third kappa shape index (κ3) is 4.08. The molecule has 1 heteroatoms. The Hall–Kier alpha value is -1.53. The van der Waals surface area contributed by atoms with Gasteiger partial charge in [-0.05, 0) is 30.0 Å². The summed E-state index contributed by atoms with van der Waals surface area (Å²) in [6.45, 7) is 0. The van der Waals surface area contributed by atoms with Gasteiger partial charge >= 0.3 is 0 Å². The highest BCUT2D eigenvalue weighted by molar-refractivity contribution is 6.31. The predicted molar refractivity (Wildman–Crippen MR) is 75.0 cm³/mol. The predicted octanol–water partition coefficient (Wildman–Crippen LogP) is 4.90. The van der Waals surface area contributed by atoms with Crippen molar-refractivity contribution in [2.24, 2.45) is 0 Å². The number of rotatable bonds is 4. The maximum Gasteiger partial charge on any atom is 0.0190 e. The van der Waals surface area contributed by atoms with E-state index in [9.17, 15) is 0 Å². The van der Waals surface area contributed by atoms with Crippen molar-refractivity contribution in [3.63, 3.8) is 0 Å². The molecule has 0 fully saturated rings. The Labute approximate surface area is 108 Å². The molecule has 17 heavy (non-hydrogen) atoms. The van der Waals surface area contributed by atoms with E-state index < -0.39 is 0 Å². The molecule has 0 N–H and O–H groups in total. The Morgan fingerprint density at radius 3 is 2.12 bits per heavy atom. The standard InChI is InChI=1S/C16H15Cl/c17-16(13-15-9-5-2-6-10-15)12-11-14-7-3-1-4-8-14/h1-10,13H,11-12H2. The Morgan fingerprint density at radius 1 is 0.882 bits per heavy atom. The van der Waals surface area contributed by atoms with Crippen LogP contribution in [0.5, 0.6) is 0 Å². The molecule has 0 aliphatic carbocycles. The van der Waals surface area contributed by atoms with Crippen LogP contribution in [0.15, 0.2) is 65.7 Å². The van der Waals surface area contributed by atoms with Gasteiger partial charge in [0.1, 0.15) is 0 Å². The van der Waals surface area contributed by atoms with E-state index in [0.717, 1.165) is 23.4 Å². The van der Waals surface area contributed by atoms with Gasteiger partial charge in [0.05, 0.1) is 0 Å². The first kappa shape index (κ1) is 11.9. The van der Waals surface area contributed by atoms with Gasteiger partial charge in [-0.1, -0.05) is 72.3 Å². The quantitative estimate of drug-likeness (QED) is 0.716. The number of benzene rings is 2. The Bertz CT molecular complexity index is 471. The molecule has 0 saturated carbocycles. The maximum atomic E-state index is 6.23. The van der Waals surface area contributed by atoms with E-state index in [1.165, 1.54) is 5.56 Å². The fourth-order valence-corrected chi connectivity index (χ4v) is 1.93. The molecule has 0 unspecified atom stereocenters. The zero-order valence-electron chi connectivity index (χ0n) is 9.64. The number of hydrogen-bond donors (Lipinski definition) is 0. The highest BCUT2D eigenvalue weighted by atomic mass is 35.5. The lowest BCUT2D eigenvalue weighted by atomic mass is 10.1. The summed E-state index contributed by atoms with van der Waals surface area (Å²) < 4.78 is 0. The van der Waals surface area contributed by atoms with Crippen molar-refractivity contribution in [1.29, 1.82) is 0 Å². The lowest BCUT2D eigenvalue weighted by Crippen LogP contribution is -1.84. The average Bonchev–Trinajstić information content (AvgIpc) is 2.39. The number of allylic oxidation sites excluding steroid dienone is 1. The zero-order valence-corrected chi connectivity index (χ0v) is 10.4. The minimum Gasteiger partial charge on any atom is -0.0891 e. The minimum atomic E-state index is 0.889. The van der Waals surface area contributed by atoms with Gasteiger partial charge in [-0.2, -0.15) is 0 Å². The van der Waals surface area contributed by atoms with Gasteiger partial charge in [0.15, 0.2) is 0 Å². The van der Waals surface area contributed by atoms with E-state index in [0.29, 0.717) is 0 Å². The summed E-state index contributed by atoms with van der Waals surface area (Å²) in [4.78, 5) is 0. The molecule has 0 atom stereocenters. The van der Waals surface area contributed by atoms with E-state index in [1.807, 2.05) is 30.3 Å².